The summed E-state index contributed by atoms with van der Waals surface area (Å²) in [4.78, 5) is 32.6. The number of rotatable bonds is 4. The van der Waals surface area contributed by atoms with Crippen molar-refractivity contribution in [1.82, 2.24) is 0 Å². The van der Waals surface area contributed by atoms with Gasteiger partial charge < -0.3 is 25.1 Å². The summed E-state index contributed by atoms with van der Waals surface area (Å²) in [7, 11) is 0. The number of hydrogen-bond acceptors (Lipinski definition) is 7. The fourth-order valence-electron chi connectivity index (χ4n) is 4.73. The Morgan fingerprint density at radius 3 is 2.44 bits per heavy atom. The summed E-state index contributed by atoms with van der Waals surface area (Å²) >= 11 is 0. The maximum Gasteiger partial charge on any atom is 0.320 e. The quantitative estimate of drug-likeness (QED) is 0.501. The molecule has 184 valence electrons. The van der Waals surface area contributed by atoms with E-state index in [9.17, 15) is 14.4 Å². The third-order valence-electron chi connectivity index (χ3n) is 6.67. The minimum atomic E-state index is -0.931. The molecule has 0 bridgehead atoms. The van der Waals surface area contributed by atoms with Gasteiger partial charge in [-0.1, -0.05) is 26.8 Å². The van der Waals surface area contributed by atoms with Crippen LogP contribution in [0.15, 0.2) is 35.4 Å². The Kier molecular flexibility index (Phi) is 7.51. The molecule has 0 radical (unpaired) electrons. The van der Waals surface area contributed by atoms with Crippen LogP contribution in [0, 0.1) is 11.3 Å². The molecule has 1 aromatic rings. The van der Waals surface area contributed by atoms with Crippen LogP contribution in [0.2, 0.25) is 0 Å². The molecule has 0 unspecified atom stereocenters. The lowest BCUT2D eigenvalue weighted by atomic mass is 9.67. The van der Waals surface area contributed by atoms with Crippen LogP contribution in [0.25, 0.3) is 5.57 Å². The Balaban J connectivity index is 0.000000350. The summed E-state index contributed by atoms with van der Waals surface area (Å²) in [5.41, 5.74) is 9.81. The number of carbonyl (C=O) groups excluding carboxylic acids is 2. The van der Waals surface area contributed by atoms with Crippen LogP contribution in [0.5, 0.6) is 11.5 Å². The van der Waals surface area contributed by atoms with Crippen LogP contribution < -0.4 is 15.2 Å². The smallest absolute Gasteiger partial charge is 0.320 e. The Hall–Kier alpha value is -3.13. The second kappa shape index (κ2) is 10.0. The average Bonchev–Trinajstić information content (AvgIpc) is 3.08. The zero-order valence-corrected chi connectivity index (χ0v) is 20.3. The van der Waals surface area contributed by atoms with Gasteiger partial charge in [0.15, 0.2) is 0 Å². The van der Waals surface area contributed by atoms with Crippen LogP contribution in [0.1, 0.15) is 59.4 Å². The third-order valence-corrected chi connectivity index (χ3v) is 6.67. The van der Waals surface area contributed by atoms with Gasteiger partial charge in [-0.15, -0.1) is 0 Å². The second-order valence-corrected chi connectivity index (χ2v) is 9.47. The van der Waals surface area contributed by atoms with E-state index in [0.717, 1.165) is 30.6 Å². The topological polar surface area (TPSA) is 125 Å². The van der Waals surface area contributed by atoms with E-state index in [4.69, 9.17) is 25.1 Å². The van der Waals surface area contributed by atoms with Gasteiger partial charge in [0.2, 0.25) is 0 Å². The molecule has 3 atom stereocenters. The van der Waals surface area contributed by atoms with Gasteiger partial charge in [-0.25, -0.2) is 0 Å². The molecule has 0 fully saturated rings. The number of aliphatic carboxylic acids is 1. The maximum atomic E-state index is 11.5. The summed E-state index contributed by atoms with van der Waals surface area (Å²) in [6.45, 7) is 9.07. The zero-order valence-electron chi connectivity index (χ0n) is 20.3. The van der Waals surface area contributed by atoms with Crippen molar-refractivity contribution in [2.45, 2.75) is 66.0 Å². The first kappa shape index (κ1) is 25.5. The highest BCUT2D eigenvalue weighted by Crippen LogP contribution is 2.55. The molecule has 0 saturated heterocycles. The molecule has 0 amide bonds. The van der Waals surface area contributed by atoms with Crippen molar-refractivity contribution < 1.29 is 33.7 Å². The number of carboxylic acid groups (broad SMARTS) is 1. The van der Waals surface area contributed by atoms with E-state index in [1.807, 2.05) is 6.07 Å². The van der Waals surface area contributed by atoms with Gasteiger partial charge in [0.1, 0.15) is 30.3 Å². The van der Waals surface area contributed by atoms with Crippen molar-refractivity contribution in [3.63, 3.8) is 0 Å². The fraction of sp³-hybridized carbons (Fsp3) is 0.500. The highest BCUT2D eigenvalue weighted by molar-refractivity contribution is 5.81. The predicted molar refractivity (Wildman–Crippen MR) is 126 cm³/mol. The van der Waals surface area contributed by atoms with Gasteiger partial charge in [0.25, 0.3) is 0 Å². The Morgan fingerprint density at radius 1 is 1.18 bits per heavy atom. The number of ether oxygens (including phenoxy) is 3. The van der Waals surface area contributed by atoms with E-state index in [0.29, 0.717) is 12.4 Å². The minimum absolute atomic E-state index is 0.0208. The molecule has 3 aliphatic rings. The standard InChI is InChI=1S/C21H22O5.C5H11NO2/c1-12(22)25-14-4-5-16-15-8-9-21(3)18(6-7-20(21)26-13(2)23)17(15)11-24-19(16)10-14;1-3(2)4(6)5(7)8/h4-6,10,20H,7-9,11H2,1-3H3;3-4H,6H2,1-2H3,(H,7,8)/t20-,21-;4-/m00/s1. The second-order valence-electron chi connectivity index (χ2n) is 9.47. The van der Waals surface area contributed by atoms with E-state index in [-0.39, 0.29) is 29.4 Å². The predicted octanol–water partition coefficient (Wildman–Crippen LogP) is 3.87. The first-order chi connectivity index (χ1) is 15.9. The largest absolute Gasteiger partial charge is 0.488 e. The highest BCUT2D eigenvalue weighted by atomic mass is 16.5. The third kappa shape index (κ3) is 5.17. The lowest BCUT2D eigenvalue weighted by Gasteiger charge is -2.41. The van der Waals surface area contributed by atoms with E-state index in [1.165, 1.54) is 30.6 Å². The van der Waals surface area contributed by atoms with Gasteiger partial charge in [-0.2, -0.15) is 0 Å². The number of allylic oxidation sites excluding steroid dienone is 1. The number of carbonyl (C=O) groups is 3. The molecule has 8 heteroatoms. The van der Waals surface area contributed by atoms with Gasteiger partial charge >= 0.3 is 17.9 Å². The molecular weight excluding hydrogens is 438 g/mol. The van der Waals surface area contributed by atoms with Crippen LogP contribution in [-0.2, 0) is 19.1 Å². The van der Waals surface area contributed by atoms with Crippen molar-refractivity contribution in [1.29, 1.82) is 0 Å². The minimum Gasteiger partial charge on any atom is -0.488 e. The molecule has 0 aromatic heterocycles. The molecule has 2 aliphatic carbocycles. The molecule has 1 aliphatic heterocycles. The number of esters is 2. The van der Waals surface area contributed by atoms with Crippen LogP contribution in [0.3, 0.4) is 0 Å². The summed E-state index contributed by atoms with van der Waals surface area (Å²) < 4.78 is 16.7. The zero-order chi connectivity index (χ0) is 25.2. The van der Waals surface area contributed by atoms with Crippen molar-refractivity contribution in [3.8, 4) is 11.5 Å². The maximum absolute atomic E-state index is 11.5. The Morgan fingerprint density at radius 2 is 1.88 bits per heavy atom. The number of nitrogens with two attached hydrogens (primary N) is 1. The van der Waals surface area contributed by atoms with E-state index in [2.05, 4.69) is 13.0 Å². The van der Waals surface area contributed by atoms with Gasteiger partial charge in [-0.05, 0) is 47.6 Å². The molecule has 0 saturated carbocycles. The normalized spacial score (nSPS) is 23.3. The lowest BCUT2D eigenvalue weighted by molar-refractivity contribution is -0.150. The molecule has 34 heavy (non-hydrogen) atoms. The van der Waals surface area contributed by atoms with Gasteiger partial charge in [0, 0.05) is 37.3 Å². The lowest BCUT2D eigenvalue weighted by Crippen LogP contribution is -2.37. The van der Waals surface area contributed by atoms with Crippen LogP contribution in [0.4, 0.5) is 0 Å². The average molecular weight is 472 g/mol. The summed E-state index contributed by atoms with van der Waals surface area (Å²) in [5, 5.41) is 8.23. The monoisotopic (exact) mass is 471 g/mol. The van der Waals surface area contributed by atoms with Crippen molar-refractivity contribution >= 4 is 23.5 Å². The summed E-state index contributed by atoms with van der Waals surface area (Å²) in [6.07, 6.45) is 4.69. The van der Waals surface area contributed by atoms with E-state index >= 15 is 0 Å². The molecule has 3 N–H and O–H groups in total. The SMILES string of the molecule is CC(=O)Oc1ccc2c(c1)OCC1=C2CC[C@@]2(C)C1=CC[C@@H]2OC(C)=O.CC(C)[C@H](N)C(=O)O. The number of carboxylic acids is 1. The molecule has 4 rings (SSSR count). The molecule has 0 spiro atoms. The number of fused-ring (bicyclic) bond motifs is 4. The Bertz CT molecular complexity index is 1060. The van der Waals surface area contributed by atoms with E-state index in [1.54, 1.807) is 26.0 Å². The van der Waals surface area contributed by atoms with Crippen molar-refractivity contribution in [2.75, 3.05) is 6.61 Å². The fourth-order valence-corrected chi connectivity index (χ4v) is 4.73. The number of hydrogen-bond donors (Lipinski definition) is 2. The first-order valence-electron chi connectivity index (χ1n) is 11.5. The van der Waals surface area contributed by atoms with Crippen LogP contribution >= 0.6 is 0 Å². The first-order valence-corrected chi connectivity index (χ1v) is 11.5. The van der Waals surface area contributed by atoms with Crippen LogP contribution in [-0.4, -0.2) is 41.8 Å². The number of benzene rings is 1. The van der Waals surface area contributed by atoms with Crippen molar-refractivity contribution in [3.05, 3.63) is 41.0 Å². The summed E-state index contributed by atoms with van der Waals surface area (Å²) in [6, 6.07) is 4.83. The molecule has 8 nitrogen and oxygen atoms in total. The molecule has 1 heterocycles. The van der Waals surface area contributed by atoms with E-state index < -0.39 is 12.0 Å². The molecule has 1 aromatic carbocycles. The van der Waals surface area contributed by atoms with Crippen molar-refractivity contribution in [2.24, 2.45) is 17.1 Å². The summed E-state index contributed by atoms with van der Waals surface area (Å²) in [5.74, 6) is -0.236. The highest BCUT2D eigenvalue weighted by Gasteiger charge is 2.48. The molecular formula is C26H33NO7. The van der Waals surface area contributed by atoms with Gasteiger partial charge in [0.05, 0.1) is 0 Å². The Labute approximate surface area is 199 Å². The van der Waals surface area contributed by atoms with Gasteiger partial charge in [-0.3, -0.25) is 14.4 Å².